The van der Waals surface area contributed by atoms with Crippen LogP contribution in [0.1, 0.15) is 15.9 Å². The number of rotatable bonds is 5. The summed E-state index contributed by atoms with van der Waals surface area (Å²) in [7, 11) is 0. The molecule has 0 spiro atoms. The van der Waals surface area contributed by atoms with Gasteiger partial charge in [0.1, 0.15) is 0 Å². The van der Waals surface area contributed by atoms with E-state index in [4.69, 9.17) is 23.2 Å². The maximum atomic E-state index is 12.7. The Labute approximate surface area is 203 Å². The maximum absolute atomic E-state index is 12.7. The van der Waals surface area contributed by atoms with Crippen molar-refractivity contribution in [1.29, 1.82) is 0 Å². The first-order valence-electron chi connectivity index (χ1n) is 10.6. The molecule has 1 aliphatic rings. The lowest BCUT2D eigenvalue weighted by Crippen LogP contribution is -2.49. The molecule has 3 aromatic carbocycles. The molecule has 4 rings (SSSR count). The Morgan fingerprint density at radius 1 is 0.848 bits per heavy atom. The van der Waals surface area contributed by atoms with Gasteiger partial charge in [0.25, 0.3) is 5.91 Å². The van der Waals surface area contributed by atoms with Crippen LogP contribution in [0.25, 0.3) is 6.08 Å². The maximum Gasteiger partial charge on any atom is 0.253 e. The van der Waals surface area contributed by atoms with Crippen LogP contribution >= 0.6 is 23.2 Å². The highest BCUT2D eigenvalue weighted by atomic mass is 35.5. The molecule has 2 amide bonds. The molecule has 1 saturated heterocycles. The topological polar surface area (TPSA) is 52.7 Å². The van der Waals surface area contributed by atoms with Gasteiger partial charge in [-0.2, -0.15) is 0 Å². The molecule has 0 unspecified atom stereocenters. The number of nitrogens with one attached hydrogen (secondary N) is 1. The second kappa shape index (κ2) is 10.6. The Morgan fingerprint density at radius 3 is 2.27 bits per heavy atom. The van der Waals surface area contributed by atoms with Crippen LogP contribution in [0.5, 0.6) is 0 Å². The molecule has 1 N–H and O–H groups in total. The van der Waals surface area contributed by atoms with Crippen molar-refractivity contribution in [3.63, 3.8) is 0 Å². The highest BCUT2D eigenvalue weighted by Crippen LogP contribution is 2.27. The molecule has 1 heterocycles. The van der Waals surface area contributed by atoms with Crippen molar-refractivity contribution in [1.82, 2.24) is 4.90 Å². The number of hydrogen-bond acceptors (Lipinski definition) is 3. The molecular weight excluding hydrogens is 457 g/mol. The molecule has 0 aromatic heterocycles. The lowest BCUT2D eigenvalue weighted by molar-refractivity contribution is -0.111. The van der Waals surface area contributed by atoms with Crippen LogP contribution in [-0.4, -0.2) is 42.9 Å². The minimum Gasteiger partial charge on any atom is -0.366 e. The highest BCUT2D eigenvalue weighted by molar-refractivity contribution is 6.35. The summed E-state index contributed by atoms with van der Waals surface area (Å²) in [6.07, 6.45) is 3.10. The van der Waals surface area contributed by atoms with Gasteiger partial charge in [-0.05, 0) is 48.0 Å². The number of anilines is 2. The number of benzene rings is 3. The Hall–Kier alpha value is -3.28. The van der Waals surface area contributed by atoms with E-state index in [0.717, 1.165) is 11.4 Å². The van der Waals surface area contributed by atoms with Gasteiger partial charge in [-0.25, -0.2) is 0 Å². The molecule has 0 saturated carbocycles. The molecule has 0 radical (unpaired) electrons. The second-order valence-electron chi connectivity index (χ2n) is 7.65. The summed E-state index contributed by atoms with van der Waals surface area (Å²) < 4.78 is 0. The SMILES string of the molecule is O=C(/C=C/c1ccc(Cl)cc1Cl)Nc1ccccc1N1CCN(C(=O)c2ccccc2)CC1. The Morgan fingerprint density at radius 2 is 1.55 bits per heavy atom. The first-order chi connectivity index (χ1) is 16.0. The molecule has 7 heteroatoms. The minimum atomic E-state index is -0.258. The molecule has 0 aliphatic carbocycles. The molecule has 1 aliphatic heterocycles. The van der Waals surface area contributed by atoms with E-state index in [-0.39, 0.29) is 11.8 Å². The fraction of sp³-hybridized carbons (Fsp3) is 0.154. The summed E-state index contributed by atoms with van der Waals surface area (Å²) in [6, 6.07) is 22.1. The first-order valence-corrected chi connectivity index (χ1v) is 11.4. The van der Waals surface area contributed by atoms with Crippen LogP contribution in [0.4, 0.5) is 11.4 Å². The number of carbonyl (C=O) groups excluding carboxylic acids is 2. The van der Waals surface area contributed by atoms with Crippen LogP contribution < -0.4 is 10.2 Å². The van der Waals surface area contributed by atoms with Crippen molar-refractivity contribution in [2.45, 2.75) is 0 Å². The fourth-order valence-electron chi connectivity index (χ4n) is 3.75. The molecular formula is C26H23Cl2N3O2. The normalized spacial score (nSPS) is 13.9. The lowest BCUT2D eigenvalue weighted by Gasteiger charge is -2.37. The average molecular weight is 480 g/mol. The van der Waals surface area contributed by atoms with Crippen molar-refractivity contribution in [2.75, 3.05) is 36.4 Å². The summed E-state index contributed by atoms with van der Waals surface area (Å²) in [4.78, 5) is 29.3. The Bertz CT molecular complexity index is 1170. The van der Waals surface area contributed by atoms with Gasteiger partial charge in [0.05, 0.1) is 11.4 Å². The third-order valence-corrected chi connectivity index (χ3v) is 6.03. The number of para-hydroxylation sites is 2. The van der Waals surface area contributed by atoms with E-state index < -0.39 is 0 Å². The number of carbonyl (C=O) groups is 2. The van der Waals surface area contributed by atoms with Crippen LogP contribution in [-0.2, 0) is 4.79 Å². The molecule has 33 heavy (non-hydrogen) atoms. The van der Waals surface area contributed by atoms with Gasteiger partial charge in [-0.15, -0.1) is 0 Å². The number of piperazine rings is 1. The second-order valence-corrected chi connectivity index (χ2v) is 8.49. The van der Waals surface area contributed by atoms with Crippen molar-refractivity contribution in [3.8, 4) is 0 Å². The number of nitrogens with zero attached hydrogens (tertiary/aromatic N) is 2. The predicted octanol–water partition coefficient (Wildman–Crippen LogP) is 5.61. The van der Waals surface area contributed by atoms with Gasteiger partial charge >= 0.3 is 0 Å². The van der Waals surface area contributed by atoms with Gasteiger partial charge in [-0.1, -0.05) is 59.6 Å². The molecule has 5 nitrogen and oxygen atoms in total. The van der Waals surface area contributed by atoms with Crippen LogP contribution in [0.15, 0.2) is 78.9 Å². The predicted molar refractivity (Wildman–Crippen MR) is 135 cm³/mol. The van der Waals surface area contributed by atoms with E-state index in [1.54, 1.807) is 24.3 Å². The van der Waals surface area contributed by atoms with Gasteiger partial charge in [0.2, 0.25) is 5.91 Å². The summed E-state index contributed by atoms with van der Waals surface area (Å²) in [5.41, 5.74) is 3.06. The molecule has 1 fully saturated rings. The van der Waals surface area contributed by atoms with Crippen molar-refractivity contribution >= 4 is 52.5 Å². The van der Waals surface area contributed by atoms with Crippen LogP contribution in [0.2, 0.25) is 10.0 Å². The van der Waals surface area contributed by atoms with Gasteiger partial charge < -0.3 is 15.1 Å². The molecule has 3 aromatic rings. The summed E-state index contributed by atoms with van der Waals surface area (Å²) in [5.74, 6) is -0.214. The zero-order valence-electron chi connectivity index (χ0n) is 17.9. The Balaban J connectivity index is 1.40. The minimum absolute atomic E-state index is 0.0443. The molecule has 0 bridgehead atoms. The summed E-state index contributed by atoms with van der Waals surface area (Å²) in [5, 5.41) is 3.98. The van der Waals surface area contributed by atoms with E-state index in [1.165, 1.54) is 6.08 Å². The largest absolute Gasteiger partial charge is 0.366 e. The van der Waals surface area contributed by atoms with Gasteiger partial charge in [-0.3, -0.25) is 9.59 Å². The third kappa shape index (κ3) is 5.75. The van der Waals surface area contributed by atoms with Gasteiger partial charge in [0, 0.05) is 47.9 Å². The lowest BCUT2D eigenvalue weighted by atomic mass is 10.1. The molecule has 0 atom stereocenters. The quantitative estimate of drug-likeness (QED) is 0.484. The van der Waals surface area contributed by atoms with Gasteiger partial charge in [0.15, 0.2) is 0 Å². The first kappa shape index (κ1) is 22.9. The standard InChI is InChI=1S/C26H23Cl2N3O2/c27-21-12-10-19(22(28)18-21)11-13-25(32)29-23-8-4-5-9-24(23)30-14-16-31(17-15-30)26(33)20-6-2-1-3-7-20/h1-13,18H,14-17H2,(H,29,32)/b13-11+. The summed E-state index contributed by atoms with van der Waals surface area (Å²) in [6.45, 7) is 2.60. The van der Waals surface area contributed by atoms with E-state index in [2.05, 4.69) is 10.2 Å². The number of halogens is 2. The third-order valence-electron chi connectivity index (χ3n) is 5.47. The smallest absolute Gasteiger partial charge is 0.253 e. The average Bonchev–Trinajstić information content (AvgIpc) is 2.84. The van der Waals surface area contributed by atoms with E-state index in [1.807, 2.05) is 59.5 Å². The molecule has 168 valence electrons. The van der Waals surface area contributed by atoms with E-state index in [9.17, 15) is 9.59 Å². The summed E-state index contributed by atoms with van der Waals surface area (Å²) >= 11 is 12.1. The van der Waals surface area contributed by atoms with E-state index in [0.29, 0.717) is 47.4 Å². The van der Waals surface area contributed by atoms with Crippen molar-refractivity contribution in [3.05, 3.63) is 100 Å². The monoisotopic (exact) mass is 479 g/mol. The van der Waals surface area contributed by atoms with Crippen LogP contribution in [0.3, 0.4) is 0 Å². The number of hydrogen-bond donors (Lipinski definition) is 1. The Kier molecular flexibility index (Phi) is 7.33. The van der Waals surface area contributed by atoms with Crippen molar-refractivity contribution in [2.24, 2.45) is 0 Å². The van der Waals surface area contributed by atoms with E-state index >= 15 is 0 Å². The highest BCUT2D eigenvalue weighted by Gasteiger charge is 2.23. The van der Waals surface area contributed by atoms with Crippen molar-refractivity contribution < 1.29 is 9.59 Å². The fourth-order valence-corrected chi connectivity index (χ4v) is 4.22. The zero-order valence-corrected chi connectivity index (χ0v) is 19.4. The number of amides is 2. The zero-order chi connectivity index (χ0) is 23.2. The van der Waals surface area contributed by atoms with Crippen LogP contribution in [0, 0.1) is 0 Å².